The van der Waals surface area contributed by atoms with Gasteiger partial charge in [0.2, 0.25) is 0 Å². The fourth-order valence-electron chi connectivity index (χ4n) is 4.10. The van der Waals surface area contributed by atoms with E-state index >= 15 is 0 Å². The van der Waals surface area contributed by atoms with Crippen LogP contribution in [0.1, 0.15) is 18.1 Å². The maximum absolute atomic E-state index is 12.9. The molecule has 8 nitrogen and oxygen atoms in total. The Morgan fingerprint density at radius 1 is 1.30 bits per heavy atom. The van der Waals surface area contributed by atoms with Crippen LogP contribution in [-0.4, -0.2) is 70.6 Å². The van der Waals surface area contributed by atoms with E-state index in [-0.39, 0.29) is 12.1 Å². The van der Waals surface area contributed by atoms with Gasteiger partial charge in [0.1, 0.15) is 17.8 Å². The highest BCUT2D eigenvalue weighted by atomic mass is 16.2. The lowest BCUT2D eigenvalue weighted by molar-refractivity contribution is 0.184. The van der Waals surface area contributed by atoms with Crippen molar-refractivity contribution in [1.29, 1.82) is 0 Å². The quantitative estimate of drug-likeness (QED) is 0.695. The van der Waals surface area contributed by atoms with Crippen molar-refractivity contribution in [2.75, 3.05) is 43.9 Å². The van der Waals surface area contributed by atoms with Crippen LogP contribution in [0.15, 0.2) is 36.8 Å². The molecule has 1 aliphatic rings. The molecule has 3 aromatic rings. The van der Waals surface area contributed by atoms with Crippen LogP contribution in [0.2, 0.25) is 0 Å². The van der Waals surface area contributed by atoms with E-state index in [0.29, 0.717) is 6.54 Å². The van der Waals surface area contributed by atoms with Crippen molar-refractivity contribution in [2.45, 2.75) is 26.4 Å². The molecule has 0 radical (unpaired) electrons. The molecule has 158 valence electrons. The highest BCUT2D eigenvalue weighted by Gasteiger charge is 2.29. The van der Waals surface area contributed by atoms with Crippen LogP contribution in [0.25, 0.3) is 11.0 Å². The number of nitrogens with zero attached hydrogens (tertiary/aromatic N) is 5. The molecular formula is C22H29N7O. The third-order valence-electron chi connectivity index (χ3n) is 5.51. The molecule has 30 heavy (non-hydrogen) atoms. The summed E-state index contributed by atoms with van der Waals surface area (Å²) >= 11 is 0. The Morgan fingerprint density at radius 3 is 2.90 bits per heavy atom. The number of amides is 2. The van der Waals surface area contributed by atoms with E-state index in [1.807, 2.05) is 43.4 Å². The predicted molar refractivity (Wildman–Crippen MR) is 120 cm³/mol. The number of aryl methyl sites for hydroxylation is 1. The molecule has 0 spiro atoms. The van der Waals surface area contributed by atoms with Gasteiger partial charge in [0.25, 0.3) is 0 Å². The predicted octanol–water partition coefficient (Wildman–Crippen LogP) is 3.07. The van der Waals surface area contributed by atoms with E-state index in [2.05, 4.69) is 50.0 Å². The number of urea groups is 1. The van der Waals surface area contributed by atoms with Crippen LogP contribution in [-0.2, 0) is 6.54 Å². The summed E-state index contributed by atoms with van der Waals surface area (Å²) in [6.45, 7) is 7.07. The van der Waals surface area contributed by atoms with Crippen molar-refractivity contribution < 1.29 is 4.79 Å². The number of H-pyrrole nitrogens is 1. The van der Waals surface area contributed by atoms with Crippen molar-refractivity contribution >= 4 is 28.6 Å². The Kier molecular flexibility index (Phi) is 5.59. The summed E-state index contributed by atoms with van der Waals surface area (Å²) in [5.41, 5.74) is 3.98. The zero-order valence-electron chi connectivity index (χ0n) is 18.0. The molecule has 0 bridgehead atoms. The summed E-state index contributed by atoms with van der Waals surface area (Å²) < 4.78 is 0. The zero-order valence-corrected chi connectivity index (χ0v) is 18.0. The molecule has 2 amide bonds. The summed E-state index contributed by atoms with van der Waals surface area (Å²) in [5.74, 6) is 0.932. The van der Waals surface area contributed by atoms with E-state index in [9.17, 15) is 4.79 Å². The molecule has 1 aliphatic heterocycles. The SMILES string of the molecule is Cc1c[nH]c2ncnc(N3CCN(C(=O)Nc4cccc(CN(C)C)c4)[C@@H](C)C3)c12. The van der Waals surface area contributed by atoms with E-state index in [4.69, 9.17) is 0 Å². The lowest BCUT2D eigenvalue weighted by Crippen LogP contribution is -2.55. The van der Waals surface area contributed by atoms with Crippen LogP contribution in [0.3, 0.4) is 0 Å². The Balaban J connectivity index is 1.44. The van der Waals surface area contributed by atoms with Crippen LogP contribution >= 0.6 is 0 Å². The number of hydrogen-bond donors (Lipinski definition) is 2. The van der Waals surface area contributed by atoms with Gasteiger partial charge in [-0.15, -0.1) is 0 Å². The Hall–Kier alpha value is -3.13. The number of aromatic nitrogens is 3. The van der Waals surface area contributed by atoms with Gasteiger partial charge in [0, 0.05) is 44.1 Å². The van der Waals surface area contributed by atoms with Crippen LogP contribution in [0.4, 0.5) is 16.3 Å². The first kappa shape index (κ1) is 20.2. The average Bonchev–Trinajstić information content (AvgIpc) is 3.09. The Morgan fingerprint density at radius 2 is 2.13 bits per heavy atom. The number of piperazine rings is 1. The Bertz CT molecular complexity index is 1040. The van der Waals surface area contributed by atoms with Crippen LogP contribution < -0.4 is 10.2 Å². The molecule has 0 saturated carbocycles. The van der Waals surface area contributed by atoms with Gasteiger partial charge in [-0.3, -0.25) is 0 Å². The summed E-state index contributed by atoms with van der Waals surface area (Å²) in [4.78, 5) is 31.2. The minimum atomic E-state index is -0.0604. The minimum Gasteiger partial charge on any atom is -0.352 e. The molecule has 0 unspecified atom stereocenters. The monoisotopic (exact) mass is 407 g/mol. The molecule has 1 atom stereocenters. The summed E-state index contributed by atoms with van der Waals surface area (Å²) in [6, 6.07) is 8.02. The molecule has 4 rings (SSSR count). The van der Waals surface area contributed by atoms with Gasteiger partial charge in [-0.25, -0.2) is 14.8 Å². The third kappa shape index (κ3) is 4.09. The van der Waals surface area contributed by atoms with Crippen molar-refractivity contribution in [3.63, 3.8) is 0 Å². The van der Waals surface area contributed by atoms with Crippen molar-refractivity contribution in [3.05, 3.63) is 47.9 Å². The number of benzene rings is 1. The number of carbonyl (C=O) groups excluding carboxylic acids is 1. The maximum atomic E-state index is 12.9. The second-order valence-corrected chi connectivity index (χ2v) is 8.25. The summed E-state index contributed by atoms with van der Waals surface area (Å²) in [6.07, 6.45) is 3.55. The summed E-state index contributed by atoms with van der Waals surface area (Å²) in [5, 5.41) is 4.12. The lowest BCUT2D eigenvalue weighted by atomic mass is 10.1. The van der Waals surface area contributed by atoms with Crippen molar-refractivity contribution in [2.24, 2.45) is 0 Å². The number of aromatic amines is 1. The number of rotatable bonds is 4. The Labute approximate surface area is 176 Å². The highest BCUT2D eigenvalue weighted by Crippen LogP contribution is 2.27. The normalized spacial score (nSPS) is 17.0. The average molecular weight is 408 g/mol. The van der Waals surface area contributed by atoms with Gasteiger partial charge in [0.15, 0.2) is 0 Å². The fourth-order valence-corrected chi connectivity index (χ4v) is 4.10. The van der Waals surface area contributed by atoms with Gasteiger partial charge >= 0.3 is 6.03 Å². The largest absolute Gasteiger partial charge is 0.352 e. The minimum absolute atomic E-state index is 0.0604. The van der Waals surface area contributed by atoms with Crippen molar-refractivity contribution in [1.82, 2.24) is 24.8 Å². The summed E-state index contributed by atoms with van der Waals surface area (Å²) in [7, 11) is 4.07. The molecule has 1 saturated heterocycles. The lowest BCUT2D eigenvalue weighted by Gasteiger charge is -2.40. The maximum Gasteiger partial charge on any atom is 0.322 e. The second kappa shape index (κ2) is 8.31. The van der Waals surface area contributed by atoms with Crippen molar-refractivity contribution in [3.8, 4) is 0 Å². The van der Waals surface area contributed by atoms with Gasteiger partial charge < -0.3 is 25.0 Å². The molecule has 8 heteroatoms. The molecule has 2 N–H and O–H groups in total. The molecule has 3 heterocycles. The van der Waals surface area contributed by atoms with E-state index in [1.54, 1.807) is 6.33 Å². The van der Waals surface area contributed by atoms with Gasteiger partial charge in [0.05, 0.1) is 5.39 Å². The van der Waals surface area contributed by atoms with Crippen LogP contribution in [0, 0.1) is 6.92 Å². The smallest absolute Gasteiger partial charge is 0.322 e. The number of hydrogen-bond acceptors (Lipinski definition) is 5. The highest BCUT2D eigenvalue weighted by molar-refractivity contribution is 5.91. The van der Waals surface area contributed by atoms with Gasteiger partial charge in [-0.05, 0) is 51.2 Å². The van der Waals surface area contributed by atoms with Gasteiger partial charge in [-0.2, -0.15) is 0 Å². The molecular weight excluding hydrogens is 378 g/mol. The number of nitrogens with one attached hydrogen (secondary N) is 2. The molecule has 1 aromatic carbocycles. The van der Waals surface area contributed by atoms with E-state index < -0.39 is 0 Å². The van der Waals surface area contributed by atoms with Gasteiger partial charge in [-0.1, -0.05) is 12.1 Å². The third-order valence-corrected chi connectivity index (χ3v) is 5.51. The topological polar surface area (TPSA) is 80.4 Å². The first-order chi connectivity index (χ1) is 14.4. The number of fused-ring (bicyclic) bond motifs is 1. The number of carbonyl (C=O) groups is 1. The van der Waals surface area contributed by atoms with E-state index in [1.165, 1.54) is 5.56 Å². The zero-order chi connectivity index (χ0) is 21.3. The first-order valence-electron chi connectivity index (χ1n) is 10.3. The molecule has 0 aliphatic carbocycles. The molecule has 1 fully saturated rings. The van der Waals surface area contributed by atoms with E-state index in [0.717, 1.165) is 47.7 Å². The molecule has 2 aromatic heterocycles. The van der Waals surface area contributed by atoms with Crippen LogP contribution in [0.5, 0.6) is 0 Å². The fraction of sp³-hybridized carbons (Fsp3) is 0.409. The number of anilines is 2. The standard InChI is InChI=1S/C22H29N7O/c1-15-11-23-20-19(15)21(25-14-24-20)28-8-9-29(16(2)12-28)22(30)26-18-7-5-6-17(10-18)13-27(3)4/h5-7,10-11,14,16H,8-9,12-13H2,1-4H3,(H,26,30)(H,23,24,25)/t16-/m0/s1. The second-order valence-electron chi connectivity index (χ2n) is 8.25. The first-order valence-corrected chi connectivity index (χ1v) is 10.3.